The van der Waals surface area contributed by atoms with Gasteiger partial charge in [-0.2, -0.15) is 0 Å². The number of hydrogen-bond donors (Lipinski definition) is 6. The zero-order chi connectivity index (χ0) is 25.3. The van der Waals surface area contributed by atoms with Gasteiger partial charge in [0.05, 0.1) is 30.3 Å². The molecule has 6 N–H and O–H groups in total. The fourth-order valence-corrected chi connectivity index (χ4v) is 3.81. The average Bonchev–Trinajstić information content (AvgIpc) is 2.98. The van der Waals surface area contributed by atoms with Gasteiger partial charge in [-0.05, 0) is 31.2 Å². The lowest BCUT2D eigenvalue weighted by Crippen LogP contribution is -2.53. The average molecular weight is 493 g/mol. The fourth-order valence-electron chi connectivity index (χ4n) is 2.93. The molecule has 0 aromatic carbocycles. The van der Waals surface area contributed by atoms with Crippen LogP contribution in [-0.2, 0) is 23.9 Å². The molecular weight excluding hydrogens is 464 g/mol. The number of thioether (sulfide) groups is 1. The topological polar surface area (TPSA) is 211 Å². The Bertz CT molecular complexity index is 784. The summed E-state index contributed by atoms with van der Waals surface area (Å²) >= 11 is 0.518. The first-order valence-corrected chi connectivity index (χ1v) is 10.8. The molecule has 1 saturated heterocycles. The Morgan fingerprint density at radius 3 is 2.27 bits per heavy atom. The lowest BCUT2D eigenvalue weighted by Gasteiger charge is -2.34. The van der Waals surface area contributed by atoms with Gasteiger partial charge in [0.2, 0.25) is 5.91 Å². The minimum Gasteiger partial charge on any atom is -0.481 e. The Hall–Kier alpha value is -2.52. The molecule has 0 radical (unpaired) electrons. The van der Waals surface area contributed by atoms with E-state index in [4.69, 9.17) is 9.84 Å². The standard InChI is InChI=1S/C19H28N2O11S/c1-9(18(29)30)32-16(15(27)11(7-22)8-23)12(20-10(2)24)6-13-17(28)21(19(31)33-13)5-3-4-14(25)26/h6,9,11-12,15-16,22-23,27H,3-5,7-8H2,1-2H3,(H,20,24)(H,25,26)(H,29,30)/b13-6+. The zero-order valence-corrected chi connectivity index (χ0v) is 18.9. The number of carboxylic acid groups (broad SMARTS) is 2. The van der Waals surface area contributed by atoms with Crippen LogP contribution in [-0.4, -0.2) is 104 Å². The highest BCUT2D eigenvalue weighted by atomic mass is 32.2. The van der Waals surface area contributed by atoms with Crippen LogP contribution in [0.3, 0.4) is 0 Å². The van der Waals surface area contributed by atoms with E-state index in [0.717, 1.165) is 24.8 Å². The van der Waals surface area contributed by atoms with E-state index in [2.05, 4.69) is 5.32 Å². The Balaban J connectivity index is 3.28. The van der Waals surface area contributed by atoms with Crippen molar-refractivity contribution in [1.82, 2.24) is 10.2 Å². The van der Waals surface area contributed by atoms with Crippen LogP contribution in [0.5, 0.6) is 0 Å². The Morgan fingerprint density at radius 1 is 1.18 bits per heavy atom. The minimum atomic E-state index is -1.67. The van der Waals surface area contributed by atoms with Gasteiger partial charge in [-0.3, -0.25) is 24.1 Å². The van der Waals surface area contributed by atoms with E-state index in [0.29, 0.717) is 11.8 Å². The lowest BCUT2D eigenvalue weighted by atomic mass is 9.93. The largest absolute Gasteiger partial charge is 0.481 e. The number of carbonyl (C=O) groups is 5. The maximum atomic E-state index is 12.7. The van der Waals surface area contributed by atoms with E-state index in [9.17, 15) is 44.4 Å². The van der Waals surface area contributed by atoms with E-state index in [1.54, 1.807) is 0 Å². The van der Waals surface area contributed by atoms with Crippen LogP contribution in [0.1, 0.15) is 26.7 Å². The number of carboxylic acids is 2. The highest BCUT2D eigenvalue weighted by molar-refractivity contribution is 8.18. The summed E-state index contributed by atoms with van der Waals surface area (Å²) in [5.74, 6) is -5.03. The molecule has 3 amide bonds. The molecule has 13 nitrogen and oxygen atoms in total. The SMILES string of the molecule is CC(=O)NC(/C=C1/SC(=O)N(CCCC(=O)O)C1=O)C(OC(C)C(=O)O)C(O)C(CO)CO. The number of aliphatic carboxylic acids is 2. The van der Waals surface area contributed by atoms with E-state index in [1.807, 2.05) is 0 Å². The van der Waals surface area contributed by atoms with Crippen LogP contribution in [0.2, 0.25) is 0 Å². The first-order chi connectivity index (χ1) is 15.4. The second kappa shape index (κ2) is 13.3. The highest BCUT2D eigenvalue weighted by Crippen LogP contribution is 2.32. The summed E-state index contributed by atoms with van der Waals surface area (Å²) in [6.07, 6.45) is -3.77. The molecule has 0 aliphatic carbocycles. The van der Waals surface area contributed by atoms with Crippen LogP contribution in [0.15, 0.2) is 11.0 Å². The van der Waals surface area contributed by atoms with Gasteiger partial charge in [0.1, 0.15) is 6.10 Å². The molecule has 1 aliphatic heterocycles. The molecule has 186 valence electrons. The second-order valence-electron chi connectivity index (χ2n) is 7.28. The third kappa shape index (κ3) is 8.40. The molecule has 4 unspecified atom stereocenters. The van der Waals surface area contributed by atoms with Gasteiger partial charge in [0, 0.05) is 25.8 Å². The van der Waals surface area contributed by atoms with Gasteiger partial charge in [-0.25, -0.2) is 4.79 Å². The zero-order valence-electron chi connectivity index (χ0n) is 18.0. The maximum Gasteiger partial charge on any atom is 0.332 e. The number of rotatable bonds is 14. The molecule has 0 spiro atoms. The van der Waals surface area contributed by atoms with Gasteiger partial charge in [-0.15, -0.1) is 0 Å². The van der Waals surface area contributed by atoms with E-state index >= 15 is 0 Å². The number of aliphatic hydroxyl groups excluding tert-OH is 3. The van der Waals surface area contributed by atoms with Crippen molar-refractivity contribution in [1.29, 1.82) is 0 Å². The number of nitrogens with one attached hydrogen (secondary N) is 1. The van der Waals surface area contributed by atoms with Crippen molar-refractivity contribution in [2.45, 2.75) is 51.0 Å². The number of ether oxygens (including phenoxy) is 1. The Labute approximate surface area is 193 Å². The van der Waals surface area contributed by atoms with Crippen LogP contribution in [0.25, 0.3) is 0 Å². The van der Waals surface area contributed by atoms with Crippen molar-refractivity contribution >= 4 is 40.8 Å². The molecule has 0 saturated carbocycles. The van der Waals surface area contributed by atoms with Crippen molar-refractivity contribution < 1.29 is 54.2 Å². The minimum absolute atomic E-state index is 0.0328. The lowest BCUT2D eigenvalue weighted by molar-refractivity contribution is -0.163. The summed E-state index contributed by atoms with van der Waals surface area (Å²) in [7, 11) is 0. The smallest absolute Gasteiger partial charge is 0.332 e. The monoisotopic (exact) mass is 492 g/mol. The molecule has 0 aromatic heterocycles. The number of imide groups is 1. The predicted molar refractivity (Wildman–Crippen MR) is 113 cm³/mol. The fraction of sp³-hybridized carbons (Fsp3) is 0.632. The maximum absolute atomic E-state index is 12.7. The Kier molecular flexibility index (Phi) is 11.4. The summed E-state index contributed by atoms with van der Waals surface area (Å²) < 4.78 is 5.40. The van der Waals surface area contributed by atoms with Crippen molar-refractivity contribution in [3.05, 3.63) is 11.0 Å². The van der Waals surface area contributed by atoms with Crippen LogP contribution < -0.4 is 5.32 Å². The van der Waals surface area contributed by atoms with Gasteiger partial charge >= 0.3 is 11.9 Å². The van der Waals surface area contributed by atoms with E-state index in [1.165, 1.54) is 0 Å². The van der Waals surface area contributed by atoms with E-state index in [-0.39, 0.29) is 24.3 Å². The molecule has 0 aromatic rings. The van der Waals surface area contributed by atoms with Crippen LogP contribution >= 0.6 is 11.8 Å². The first-order valence-electron chi connectivity index (χ1n) is 9.95. The molecule has 4 atom stereocenters. The summed E-state index contributed by atoms with van der Waals surface area (Å²) in [5.41, 5.74) is 0. The van der Waals surface area contributed by atoms with Gasteiger partial charge in [0.25, 0.3) is 11.1 Å². The van der Waals surface area contributed by atoms with Gasteiger partial charge in [0.15, 0.2) is 6.10 Å². The molecule has 33 heavy (non-hydrogen) atoms. The third-order valence-electron chi connectivity index (χ3n) is 4.70. The molecule has 14 heteroatoms. The molecule has 1 fully saturated rings. The van der Waals surface area contributed by atoms with Crippen molar-refractivity contribution in [2.24, 2.45) is 5.92 Å². The van der Waals surface area contributed by atoms with Crippen molar-refractivity contribution in [3.8, 4) is 0 Å². The predicted octanol–water partition coefficient (Wildman–Crippen LogP) is -1.24. The summed E-state index contributed by atoms with van der Waals surface area (Å²) in [6, 6.07) is -1.32. The Morgan fingerprint density at radius 2 is 1.79 bits per heavy atom. The number of amides is 3. The first kappa shape index (κ1) is 28.5. The molecule has 0 bridgehead atoms. The molecule has 1 aliphatic rings. The normalized spacial score (nSPS) is 19.0. The van der Waals surface area contributed by atoms with Gasteiger partial charge in [-0.1, -0.05) is 0 Å². The molecule has 1 heterocycles. The van der Waals surface area contributed by atoms with Crippen LogP contribution in [0, 0.1) is 5.92 Å². The summed E-state index contributed by atoms with van der Waals surface area (Å²) in [5, 5.41) is 49.2. The summed E-state index contributed by atoms with van der Waals surface area (Å²) in [4.78, 5) is 59.3. The molecule has 1 rings (SSSR count). The third-order valence-corrected chi connectivity index (χ3v) is 5.62. The summed E-state index contributed by atoms with van der Waals surface area (Å²) in [6.45, 7) is 0.765. The van der Waals surface area contributed by atoms with Gasteiger partial charge < -0.3 is 35.6 Å². The number of aliphatic hydroxyl groups is 3. The highest BCUT2D eigenvalue weighted by Gasteiger charge is 2.40. The number of nitrogens with zero attached hydrogens (tertiary/aromatic N) is 1. The quantitative estimate of drug-likeness (QED) is 0.157. The second-order valence-corrected chi connectivity index (χ2v) is 8.27. The van der Waals surface area contributed by atoms with Crippen molar-refractivity contribution in [2.75, 3.05) is 19.8 Å². The van der Waals surface area contributed by atoms with E-state index < -0.39 is 72.5 Å². The number of carbonyl (C=O) groups excluding carboxylic acids is 3. The van der Waals surface area contributed by atoms with Crippen molar-refractivity contribution in [3.63, 3.8) is 0 Å². The number of hydrogen-bond acceptors (Lipinski definition) is 10. The molecular formula is C19H28N2O11S. The van der Waals surface area contributed by atoms with Crippen LogP contribution in [0.4, 0.5) is 4.79 Å².